The van der Waals surface area contributed by atoms with Gasteiger partial charge in [-0.25, -0.2) is 19.9 Å². The maximum Gasteiger partial charge on any atom is 0.168 e. The molecule has 5 heteroatoms. The summed E-state index contributed by atoms with van der Waals surface area (Å²) < 4.78 is 6.44. The summed E-state index contributed by atoms with van der Waals surface area (Å²) in [6.07, 6.45) is 0. The summed E-state index contributed by atoms with van der Waals surface area (Å²) in [5.41, 5.74) is 8.03. The van der Waals surface area contributed by atoms with Crippen LogP contribution in [0.5, 0.6) is 0 Å². The van der Waals surface area contributed by atoms with E-state index in [1.807, 2.05) is 97.1 Å². The number of fused-ring (bicyclic) bond motifs is 4. The fraction of sp³-hybridized carbons (Fsp3) is 0. The number of hydrogen-bond donors (Lipinski definition) is 0. The number of pyridine rings is 1. The summed E-state index contributed by atoms with van der Waals surface area (Å²) in [6, 6.07) is 44.7. The van der Waals surface area contributed by atoms with Crippen molar-refractivity contribution in [3.8, 4) is 45.3 Å². The average molecular weight is 527 g/mol. The maximum absolute atomic E-state index is 6.44. The van der Waals surface area contributed by atoms with Gasteiger partial charge in [-0.3, -0.25) is 0 Å². The summed E-state index contributed by atoms with van der Waals surface area (Å²) >= 11 is 0. The highest BCUT2D eigenvalue weighted by Gasteiger charge is 2.21. The Kier molecular flexibility index (Phi) is 5.38. The van der Waals surface area contributed by atoms with Gasteiger partial charge in [0.05, 0.1) is 11.1 Å². The van der Waals surface area contributed by atoms with Gasteiger partial charge >= 0.3 is 0 Å². The van der Waals surface area contributed by atoms with E-state index in [0.29, 0.717) is 23.1 Å². The molecule has 0 unspecified atom stereocenters. The van der Waals surface area contributed by atoms with Crippen molar-refractivity contribution in [1.82, 2.24) is 19.9 Å². The van der Waals surface area contributed by atoms with Crippen molar-refractivity contribution < 1.29 is 4.42 Å². The third-order valence-corrected chi connectivity index (χ3v) is 7.34. The standard InChI is InChI=1S/C36H22N4O/c1-3-11-23(12-4-1)24-19-21-26(22-20-24)35-38-34(25-13-5-2-6-14-25)39-36(40-35)31-27-15-7-9-17-29(27)37-32-28-16-8-10-18-30(28)41-33(31)32/h1-22H. The molecular weight excluding hydrogens is 504 g/mol. The number of benzene rings is 5. The van der Waals surface area contributed by atoms with Crippen molar-refractivity contribution in [2.45, 2.75) is 0 Å². The monoisotopic (exact) mass is 526 g/mol. The van der Waals surface area contributed by atoms with Gasteiger partial charge in [0.15, 0.2) is 23.1 Å². The van der Waals surface area contributed by atoms with Gasteiger partial charge < -0.3 is 4.42 Å². The molecule has 0 saturated carbocycles. The van der Waals surface area contributed by atoms with Crippen molar-refractivity contribution in [1.29, 1.82) is 0 Å². The second-order valence-electron chi connectivity index (χ2n) is 9.90. The van der Waals surface area contributed by atoms with Crippen LogP contribution in [-0.2, 0) is 0 Å². The molecule has 0 spiro atoms. The second-order valence-corrected chi connectivity index (χ2v) is 9.90. The molecule has 0 saturated heterocycles. The molecule has 5 nitrogen and oxygen atoms in total. The molecule has 3 aromatic heterocycles. The van der Waals surface area contributed by atoms with Gasteiger partial charge in [0, 0.05) is 21.9 Å². The molecule has 0 fully saturated rings. The van der Waals surface area contributed by atoms with Crippen LogP contribution < -0.4 is 0 Å². The summed E-state index contributed by atoms with van der Waals surface area (Å²) in [4.78, 5) is 20.0. The van der Waals surface area contributed by atoms with Crippen molar-refractivity contribution in [2.24, 2.45) is 0 Å². The molecule has 0 amide bonds. The molecule has 192 valence electrons. The second kappa shape index (κ2) is 9.50. The largest absolute Gasteiger partial charge is 0.454 e. The highest BCUT2D eigenvalue weighted by molar-refractivity contribution is 6.14. The molecule has 0 bridgehead atoms. The van der Waals surface area contributed by atoms with E-state index in [4.69, 9.17) is 24.4 Å². The molecule has 8 aromatic rings. The zero-order valence-corrected chi connectivity index (χ0v) is 21.9. The van der Waals surface area contributed by atoms with Gasteiger partial charge in [-0.2, -0.15) is 0 Å². The molecule has 0 radical (unpaired) electrons. The molecule has 5 aromatic carbocycles. The van der Waals surface area contributed by atoms with Gasteiger partial charge in [-0.1, -0.05) is 115 Å². The smallest absolute Gasteiger partial charge is 0.168 e. The van der Waals surface area contributed by atoms with Crippen LogP contribution in [0.3, 0.4) is 0 Å². The topological polar surface area (TPSA) is 64.7 Å². The Hall–Kier alpha value is -5.68. The zero-order valence-electron chi connectivity index (χ0n) is 21.9. The maximum atomic E-state index is 6.44. The third-order valence-electron chi connectivity index (χ3n) is 7.34. The number of furan rings is 1. The quantitative estimate of drug-likeness (QED) is 0.229. The van der Waals surface area contributed by atoms with Crippen molar-refractivity contribution in [2.75, 3.05) is 0 Å². The van der Waals surface area contributed by atoms with E-state index in [0.717, 1.165) is 55.2 Å². The number of aromatic nitrogens is 4. The van der Waals surface area contributed by atoms with Gasteiger partial charge in [0.25, 0.3) is 0 Å². The number of para-hydroxylation sites is 2. The average Bonchev–Trinajstić information content (AvgIpc) is 3.42. The van der Waals surface area contributed by atoms with Crippen LogP contribution in [0.1, 0.15) is 0 Å². The van der Waals surface area contributed by atoms with E-state index in [1.165, 1.54) is 0 Å². The van der Waals surface area contributed by atoms with Gasteiger partial charge in [-0.15, -0.1) is 0 Å². The van der Waals surface area contributed by atoms with Gasteiger partial charge in [0.1, 0.15) is 11.1 Å². The van der Waals surface area contributed by atoms with Gasteiger partial charge in [0.2, 0.25) is 0 Å². The molecule has 0 aliphatic carbocycles. The first-order valence-electron chi connectivity index (χ1n) is 13.5. The summed E-state index contributed by atoms with van der Waals surface area (Å²) in [6.45, 7) is 0. The molecule has 0 atom stereocenters. The van der Waals surface area contributed by atoms with Gasteiger partial charge in [-0.05, 0) is 29.3 Å². The van der Waals surface area contributed by atoms with Crippen molar-refractivity contribution in [3.05, 3.63) is 133 Å². The van der Waals surface area contributed by atoms with Crippen LogP contribution >= 0.6 is 0 Å². The molecular formula is C36H22N4O. The normalized spacial score (nSPS) is 11.4. The fourth-order valence-corrected chi connectivity index (χ4v) is 5.34. The Labute approximate surface area is 235 Å². The summed E-state index contributed by atoms with van der Waals surface area (Å²) in [5, 5.41) is 1.89. The molecule has 0 N–H and O–H groups in total. The number of hydrogen-bond acceptors (Lipinski definition) is 5. The first-order valence-corrected chi connectivity index (χ1v) is 13.5. The number of rotatable bonds is 4. The highest BCUT2D eigenvalue weighted by Crippen LogP contribution is 2.39. The molecule has 41 heavy (non-hydrogen) atoms. The molecule has 0 aliphatic rings. The Morgan fingerprint density at radius 3 is 1.63 bits per heavy atom. The Balaban J connectivity index is 1.39. The lowest BCUT2D eigenvalue weighted by Crippen LogP contribution is -2.01. The molecule has 8 rings (SSSR count). The Morgan fingerprint density at radius 2 is 0.902 bits per heavy atom. The minimum absolute atomic E-state index is 0.545. The van der Waals surface area contributed by atoms with E-state index in [2.05, 4.69) is 36.4 Å². The summed E-state index contributed by atoms with van der Waals surface area (Å²) in [7, 11) is 0. The van der Waals surface area contributed by atoms with Crippen LogP contribution in [0.15, 0.2) is 138 Å². The minimum atomic E-state index is 0.545. The fourth-order valence-electron chi connectivity index (χ4n) is 5.34. The van der Waals surface area contributed by atoms with Crippen LogP contribution in [0.2, 0.25) is 0 Å². The van der Waals surface area contributed by atoms with E-state index in [1.54, 1.807) is 0 Å². The lowest BCUT2D eigenvalue weighted by atomic mass is 10.0. The van der Waals surface area contributed by atoms with Crippen molar-refractivity contribution >= 4 is 33.0 Å². The van der Waals surface area contributed by atoms with Crippen LogP contribution in [0.25, 0.3) is 78.3 Å². The van der Waals surface area contributed by atoms with E-state index < -0.39 is 0 Å². The highest BCUT2D eigenvalue weighted by atomic mass is 16.3. The lowest BCUT2D eigenvalue weighted by molar-refractivity contribution is 0.669. The molecule has 3 heterocycles. The SMILES string of the molecule is c1ccc(-c2ccc(-c3nc(-c4ccccc4)nc(-c4c5ccccc5nc5c4oc4ccccc45)n3)cc2)cc1. The van der Waals surface area contributed by atoms with Crippen LogP contribution in [0, 0.1) is 0 Å². The van der Waals surface area contributed by atoms with E-state index in [9.17, 15) is 0 Å². The first-order chi connectivity index (χ1) is 20.3. The first kappa shape index (κ1) is 23.2. The predicted octanol–water partition coefficient (Wildman–Crippen LogP) is 8.99. The predicted molar refractivity (Wildman–Crippen MR) is 164 cm³/mol. The Morgan fingerprint density at radius 1 is 0.390 bits per heavy atom. The number of nitrogens with zero attached hydrogens (tertiary/aromatic N) is 4. The van der Waals surface area contributed by atoms with Crippen LogP contribution in [-0.4, -0.2) is 19.9 Å². The minimum Gasteiger partial charge on any atom is -0.454 e. The van der Waals surface area contributed by atoms with Crippen LogP contribution in [0.4, 0.5) is 0 Å². The van der Waals surface area contributed by atoms with E-state index in [-0.39, 0.29) is 0 Å². The lowest BCUT2D eigenvalue weighted by Gasteiger charge is -2.11. The Bertz CT molecular complexity index is 2190. The summed E-state index contributed by atoms with van der Waals surface area (Å²) in [5.74, 6) is 1.74. The molecule has 0 aliphatic heterocycles. The third kappa shape index (κ3) is 4.03. The van der Waals surface area contributed by atoms with E-state index >= 15 is 0 Å². The van der Waals surface area contributed by atoms with Crippen molar-refractivity contribution in [3.63, 3.8) is 0 Å². The zero-order chi connectivity index (χ0) is 27.2.